The molecule has 0 atom stereocenters. The molecular weight excluding hydrogens is 254 g/mol. The van der Waals surface area contributed by atoms with Gasteiger partial charge in [0.1, 0.15) is 5.71 Å². The predicted octanol–water partition coefficient (Wildman–Crippen LogP) is -2.51. The lowest BCUT2D eigenvalue weighted by molar-refractivity contribution is 0.669. The van der Waals surface area contributed by atoms with Crippen LogP contribution in [-0.2, 0) is 0 Å². The van der Waals surface area contributed by atoms with Crippen LogP contribution in [0.4, 0.5) is 0 Å². The Morgan fingerprint density at radius 1 is 0.789 bits per heavy atom. The maximum absolute atomic E-state index is 7.67. The average Bonchev–Trinajstić information content (AvgIpc) is 2.46. The lowest BCUT2D eigenvalue weighted by Crippen LogP contribution is -2.20. The molecule has 19 heavy (non-hydrogen) atoms. The standard InChI is InChI=1S/C6H5N13/c1-2(7)3(5-10-14-18-15-11-5)9-4(8)6-12-16-19-17-13-6/h7-8H,1H3. The number of hydrogen-bond acceptors (Lipinski definition) is 12. The van der Waals surface area contributed by atoms with E-state index in [-0.39, 0.29) is 28.9 Å². The first-order valence-corrected chi connectivity index (χ1v) is 4.69. The third-order valence-electron chi connectivity index (χ3n) is 1.72. The molecule has 2 heterocycles. The highest BCUT2D eigenvalue weighted by molar-refractivity contribution is 6.47. The summed E-state index contributed by atoms with van der Waals surface area (Å²) in [7, 11) is 0. The minimum atomic E-state index is -0.371. The fraction of sp³-hybridized carbons (Fsp3) is 0.167. The van der Waals surface area contributed by atoms with E-state index < -0.39 is 0 Å². The molecule has 0 aliphatic rings. The quantitative estimate of drug-likeness (QED) is 0.439. The Kier molecular flexibility index (Phi) is 3.46. The number of nitrogens with zero attached hydrogens (tertiary/aromatic N) is 11. The average molecular weight is 259 g/mol. The van der Waals surface area contributed by atoms with E-state index in [1.54, 1.807) is 0 Å². The van der Waals surface area contributed by atoms with Crippen LogP contribution in [0, 0.1) is 10.8 Å². The van der Waals surface area contributed by atoms with Gasteiger partial charge in [-0.15, -0.1) is 20.4 Å². The Labute approximate surface area is 104 Å². The minimum Gasteiger partial charge on any atom is -0.303 e. The fourth-order valence-electron chi connectivity index (χ4n) is 0.978. The molecule has 0 aliphatic heterocycles. The summed E-state index contributed by atoms with van der Waals surface area (Å²) in [6.45, 7) is 1.44. The molecule has 2 aromatic rings. The summed E-state index contributed by atoms with van der Waals surface area (Å²) in [6, 6.07) is 0. The highest BCUT2D eigenvalue weighted by Crippen LogP contribution is 1.96. The number of rotatable bonds is 3. The molecule has 0 amide bonds. The zero-order valence-corrected chi connectivity index (χ0v) is 9.42. The summed E-state index contributed by atoms with van der Waals surface area (Å²) < 4.78 is 0. The van der Waals surface area contributed by atoms with Crippen molar-refractivity contribution in [1.29, 1.82) is 10.8 Å². The van der Waals surface area contributed by atoms with Gasteiger partial charge in [-0.3, -0.25) is 5.41 Å². The van der Waals surface area contributed by atoms with Gasteiger partial charge in [0.2, 0.25) is 11.6 Å². The molecular formula is C6H5N13. The van der Waals surface area contributed by atoms with Gasteiger partial charge in [-0.05, 0) is 38.2 Å². The normalized spacial score (nSPS) is 11.1. The van der Waals surface area contributed by atoms with Crippen LogP contribution in [0.1, 0.15) is 18.6 Å². The van der Waals surface area contributed by atoms with Crippen molar-refractivity contribution in [3.8, 4) is 0 Å². The Hall–Kier alpha value is -3.25. The zero-order chi connectivity index (χ0) is 13.7. The molecule has 0 fully saturated rings. The molecule has 0 saturated carbocycles. The zero-order valence-electron chi connectivity index (χ0n) is 9.42. The first-order valence-electron chi connectivity index (χ1n) is 4.69. The number of aromatic nitrogens is 10. The van der Waals surface area contributed by atoms with Gasteiger partial charge in [-0.1, -0.05) is 0 Å². The van der Waals surface area contributed by atoms with Gasteiger partial charge in [-0.2, -0.15) is 0 Å². The largest absolute Gasteiger partial charge is 0.303 e. The molecule has 0 bridgehead atoms. The Morgan fingerprint density at radius 2 is 1.26 bits per heavy atom. The summed E-state index contributed by atoms with van der Waals surface area (Å²) in [6.07, 6.45) is 0. The molecule has 13 nitrogen and oxygen atoms in total. The molecule has 0 unspecified atom stereocenters. The number of aliphatic imine (C=N–C) groups is 1. The number of hydrogen-bond donors (Lipinski definition) is 2. The van der Waals surface area contributed by atoms with Crippen LogP contribution in [0.2, 0.25) is 0 Å². The molecule has 0 radical (unpaired) electrons. The van der Waals surface area contributed by atoms with E-state index in [4.69, 9.17) is 10.8 Å². The van der Waals surface area contributed by atoms with Crippen LogP contribution >= 0.6 is 0 Å². The van der Waals surface area contributed by atoms with Crippen molar-refractivity contribution in [2.75, 3.05) is 0 Å². The summed E-state index contributed by atoms with van der Waals surface area (Å²) in [5, 5.41) is 48.6. The third-order valence-corrected chi connectivity index (χ3v) is 1.72. The van der Waals surface area contributed by atoms with Crippen molar-refractivity contribution in [2.24, 2.45) is 4.99 Å². The van der Waals surface area contributed by atoms with Crippen LogP contribution < -0.4 is 0 Å². The minimum absolute atomic E-state index is 0.00666. The highest BCUT2D eigenvalue weighted by atomic mass is 15.5. The van der Waals surface area contributed by atoms with Crippen molar-refractivity contribution in [3.63, 3.8) is 0 Å². The molecule has 2 N–H and O–H groups in total. The third kappa shape index (κ3) is 2.90. The van der Waals surface area contributed by atoms with E-state index in [9.17, 15) is 0 Å². The Morgan fingerprint density at radius 3 is 1.74 bits per heavy atom. The molecule has 13 heteroatoms. The number of amidine groups is 1. The lowest BCUT2D eigenvalue weighted by Gasteiger charge is -2.00. The smallest absolute Gasteiger partial charge is 0.243 e. The molecule has 0 aromatic carbocycles. The molecule has 0 saturated heterocycles. The molecule has 2 rings (SSSR count). The maximum Gasteiger partial charge on any atom is 0.243 e. The summed E-state index contributed by atoms with van der Waals surface area (Å²) in [5.74, 6) is -0.560. The summed E-state index contributed by atoms with van der Waals surface area (Å²) in [5.41, 5.74) is 0.00216. The van der Waals surface area contributed by atoms with Gasteiger partial charge in [0.25, 0.3) is 0 Å². The fourth-order valence-corrected chi connectivity index (χ4v) is 0.978. The second-order valence-electron chi connectivity index (χ2n) is 3.02. The summed E-state index contributed by atoms with van der Waals surface area (Å²) >= 11 is 0. The van der Waals surface area contributed by atoms with Crippen molar-refractivity contribution < 1.29 is 0 Å². The van der Waals surface area contributed by atoms with E-state index >= 15 is 0 Å². The van der Waals surface area contributed by atoms with Crippen molar-refractivity contribution >= 4 is 17.3 Å². The van der Waals surface area contributed by atoms with Gasteiger partial charge < -0.3 is 5.41 Å². The highest BCUT2D eigenvalue weighted by Gasteiger charge is 2.14. The molecule has 0 spiro atoms. The van der Waals surface area contributed by atoms with Crippen LogP contribution in [0.25, 0.3) is 0 Å². The van der Waals surface area contributed by atoms with E-state index in [2.05, 4.69) is 56.7 Å². The molecule has 94 valence electrons. The SMILES string of the molecule is CC(=N)C(=NC(=N)c1nnnnn1)c1nnnnn1. The van der Waals surface area contributed by atoms with E-state index in [0.29, 0.717) is 0 Å². The topological polar surface area (TPSA) is 189 Å². The predicted molar refractivity (Wildman–Crippen MR) is 57.6 cm³/mol. The maximum atomic E-state index is 7.67. The van der Waals surface area contributed by atoms with Crippen LogP contribution in [0.15, 0.2) is 4.99 Å². The molecule has 0 aliphatic carbocycles. The van der Waals surface area contributed by atoms with E-state index in [0.717, 1.165) is 0 Å². The van der Waals surface area contributed by atoms with Gasteiger partial charge in [-0.25, -0.2) is 4.99 Å². The van der Waals surface area contributed by atoms with Gasteiger partial charge >= 0.3 is 0 Å². The first-order chi connectivity index (χ1) is 9.18. The van der Waals surface area contributed by atoms with E-state index in [1.807, 2.05) is 0 Å². The monoisotopic (exact) mass is 259 g/mol. The van der Waals surface area contributed by atoms with Crippen molar-refractivity contribution in [1.82, 2.24) is 51.7 Å². The second kappa shape index (κ2) is 5.39. The van der Waals surface area contributed by atoms with Gasteiger partial charge in [0.15, 0.2) is 5.84 Å². The van der Waals surface area contributed by atoms with Gasteiger partial charge in [0, 0.05) is 0 Å². The van der Waals surface area contributed by atoms with E-state index in [1.165, 1.54) is 6.92 Å². The number of nitrogens with one attached hydrogen (secondary N) is 2. The Bertz CT molecular complexity index is 618. The van der Waals surface area contributed by atoms with Crippen molar-refractivity contribution in [2.45, 2.75) is 6.92 Å². The first kappa shape index (κ1) is 12.2. The second-order valence-corrected chi connectivity index (χ2v) is 3.02. The van der Waals surface area contributed by atoms with Crippen LogP contribution in [0.3, 0.4) is 0 Å². The Balaban J connectivity index is 2.38. The van der Waals surface area contributed by atoms with Crippen LogP contribution in [-0.4, -0.2) is 68.9 Å². The van der Waals surface area contributed by atoms with Crippen LogP contribution in [0.5, 0.6) is 0 Å². The van der Waals surface area contributed by atoms with Crippen molar-refractivity contribution in [3.05, 3.63) is 11.6 Å². The van der Waals surface area contributed by atoms with Gasteiger partial charge in [0.05, 0.1) is 5.71 Å². The summed E-state index contributed by atoms with van der Waals surface area (Å²) in [4.78, 5) is 3.83. The molecule has 2 aromatic heterocycles. The lowest BCUT2D eigenvalue weighted by atomic mass is 10.2.